The summed E-state index contributed by atoms with van der Waals surface area (Å²) in [5.74, 6) is 0.738. The molecule has 1 aromatic carbocycles. The van der Waals surface area contributed by atoms with Gasteiger partial charge in [-0.05, 0) is 50.1 Å². The number of rotatable bonds is 4. The average molecular weight is 441 g/mol. The molecule has 0 radical (unpaired) electrons. The lowest BCUT2D eigenvalue weighted by molar-refractivity contribution is 0.102. The van der Waals surface area contributed by atoms with Crippen molar-refractivity contribution in [2.24, 2.45) is 7.05 Å². The molecular weight excluding hydrogens is 420 g/mol. The van der Waals surface area contributed by atoms with Gasteiger partial charge in [0.15, 0.2) is 5.65 Å². The van der Waals surface area contributed by atoms with Crippen molar-refractivity contribution in [3.8, 4) is 10.6 Å². The second-order valence-corrected chi connectivity index (χ2v) is 9.18. The Morgan fingerprint density at radius 3 is 2.75 bits per heavy atom. The molecular formula is C24H20N6OS. The summed E-state index contributed by atoms with van der Waals surface area (Å²) in [7, 11) is 1.86. The highest BCUT2D eigenvalue weighted by molar-refractivity contribution is 7.21. The zero-order valence-electron chi connectivity index (χ0n) is 17.7. The minimum atomic E-state index is -0.198. The zero-order valence-corrected chi connectivity index (χ0v) is 18.5. The first-order valence-corrected chi connectivity index (χ1v) is 11.4. The van der Waals surface area contributed by atoms with Crippen LogP contribution in [0, 0.1) is 6.92 Å². The van der Waals surface area contributed by atoms with E-state index < -0.39 is 0 Å². The summed E-state index contributed by atoms with van der Waals surface area (Å²) in [6.07, 6.45) is 3.98. The third-order valence-electron chi connectivity index (χ3n) is 5.77. The van der Waals surface area contributed by atoms with Crippen LogP contribution in [0.15, 0.2) is 48.7 Å². The summed E-state index contributed by atoms with van der Waals surface area (Å²) < 4.78 is 2.89. The summed E-state index contributed by atoms with van der Waals surface area (Å²) in [5, 5.41) is 9.13. The molecule has 158 valence electrons. The number of aryl methyl sites for hydroxylation is 2. The van der Waals surface area contributed by atoms with Gasteiger partial charge in [0, 0.05) is 30.4 Å². The SMILES string of the molecule is Cc1nn(C)c2nc(C3CC3)cc(C(=O)Nc3ccc(-c4nc5ccccc5s4)cn3)c12. The zero-order chi connectivity index (χ0) is 21.8. The van der Waals surface area contributed by atoms with Gasteiger partial charge >= 0.3 is 0 Å². The number of aromatic nitrogens is 5. The Kier molecular flexibility index (Phi) is 4.29. The largest absolute Gasteiger partial charge is 0.307 e. The fraction of sp³-hybridized carbons (Fsp3) is 0.208. The van der Waals surface area contributed by atoms with Gasteiger partial charge in [-0.2, -0.15) is 5.10 Å². The first-order chi connectivity index (χ1) is 15.6. The maximum absolute atomic E-state index is 13.2. The van der Waals surface area contributed by atoms with E-state index in [9.17, 15) is 4.79 Å². The summed E-state index contributed by atoms with van der Waals surface area (Å²) in [6.45, 7) is 1.91. The Morgan fingerprint density at radius 1 is 1.16 bits per heavy atom. The van der Waals surface area contributed by atoms with Crippen LogP contribution >= 0.6 is 11.3 Å². The van der Waals surface area contributed by atoms with Crippen LogP contribution in [-0.4, -0.2) is 30.6 Å². The number of benzene rings is 1. The number of hydrogen-bond donors (Lipinski definition) is 1. The molecule has 1 saturated carbocycles. The number of hydrogen-bond acceptors (Lipinski definition) is 6. The van der Waals surface area contributed by atoms with Crippen LogP contribution in [0.3, 0.4) is 0 Å². The number of carbonyl (C=O) groups excluding carboxylic acids is 1. The average Bonchev–Trinajstić information content (AvgIpc) is 3.50. The lowest BCUT2D eigenvalue weighted by Gasteiger charge is -2.09. The summed E-state index contributed by atoms with van der Waals surface area (Å²) in [5.41, 5.74) is 5.00. The van der Waals surface area contributed by atoms with Gasteiger partial charge in [-0.25, -0.2) is 15.0 Å². The lowest BCUT2D eigenvalue weighted by Crippen LogP contribution is -2.14. The van der Waals surface area contributed by atoms with Crippen molar-refractivity contribution in [2.45, 2.75) is 25.7 Å². The van der Waals surface area contributed by atoms with E-state index in [0.29, 0.717) is 17.3 Å². The third-order valence-corrected chi connectivity index (χ3v) is 6.86. The van der Waals surface area contributed by atoms with Crippen LogP contribution in [0.25, 0.3) is 31.8 Å². The fourth-order valence-corrected chi connectivity index (χ4v) is 4.96. The maximum atomic E-state index is 13.2. The number of thiazole rings is 1. The highest BCUT2D eigenvalue weighted by Gasteiger charge is 2.28. The van der Waals surface area contributed by atoms with E-state index in [1.165, 1.54) is 0 Å². The van der Waals surface area contributed by atoms with Gasteiger partial charge < -0.3 is 5.32 Å². The maximum Gasteiger partial charge on any atom is 0.257 e. The van der Waals surface area contributed by atoms with Crippen molar-refractivity contribution in [2.75, 3.05) is 5.32 Å². The number of amides is 1. The number of anilines is 1. The van der Waals surface area contributed by atoms with Gasteiger partial charge in [-0.1, -0.05) is 12.1 Å². The smallest absolute Gasteiger partial charge is 0.257 e. The van der Waals surface area contributed by atoms with E-state index in [1.54, 1.807) is 22.2 Å². The monoisotopic (exact) mass is 440 g/mol. The number of carbonyl (C=O) groups is 1. The van der Waals surface area contributed by atoms with E-state index >= 15 is 0 Å². The van der Waals surface area contributed by atoms with E-state index in [4.69, 9.17) is 4.98 Å². The Balaban J connectivity index is 1.31. The Bertz CT molecular complexity index is 1460. The first kappa shape index (κ1) is 19.1. The number of nitrogens with zero attached hydrogens (tertiary/aromatic N) is 5. The molecule has 1 N–H and O–H groups in total. The van der Waals surface area contributed by atoms with Gasteiger partial charge in [-0.15, -0.1) is 11.3 Å². The van der Waals surface area contributed by atoms with Crippen molar-refractivity contribution in [3.63, 3.8) is 0 Å². The topological polar surface area (TPSA) is 85.6 Å². The van der Waals surface area contributed by atoms with Crippen molar-refractivity contribution >= 4 is 44.3 Å². The van der Waals surface area contributed by atoms with Crippen LogP contribution in [0.1, 0.15) is 40.5 Å². The van der Waals surface area contributed by atoms with Gasteiger partial charge in [-0.3, -0.25) is 9.48 Å². The summed E-state index contributed by atoms with van der Waals surface area (Å²) in [6, 6.07) is 13.7. The highest BCUT2D eigenvalue weighted by atomic mass is 32.1. The molecule has 6 rings (SSSR count). The quantitative estimate of drug-likeness (QED) is 0.421. The summed E-state index contributed by atoms with van der Waals surface area (Å²) in [4.78, 5) is 27.1. The van der Waals surface area contributed by atoms with Crippen LogP contribution in [0.5, 0.6) is 0 Å². The third kappa shape index (κ3) is 3.23. The number of pyridine rings is 2. The molecule has 1 aliphatic rings. The molecule has 5 aromatic rings. The molecule has 0 bridgehead atoms. The molecule has 0 spiro atoms. The van der Waals surface area contributed by atoms with Gasteiger partial charge in [0.25, 0.3) is 5.91 Å². The molecule has 8 heteroatoms. The number of fused-ring (bicyclic) bond motifs is 2. The van der Waals surface area contributed by atoms with Crippen LogP contribution in [-0.2, 0) is 7.05 Å². The standard InChI is InChI=1S/C24H20N6OS/c1-13-21-16(11-18(14-7-8-14)26-22(21)30(2)29-13)23(31)28-20-10-9-15(12-25-20)24-27-17-5-3-4-6-19(17)32-24/h3-6,9-12,14H,7-8H2,1-2H3,(H,25,28,31). The number of nitrogens with one attached hydrogen (secondary N) is 1. The molecule has 0 atom stereocenters. The minimum absolute atomic E-state index is 0.198. The lowest BCUT2D eigenvalue weighted by atomic mass is 10.1. The first-order valence-electron chi connectivity index (χ1n) is 10.5. The summed E-state index contributed by atoms with van der Waals surface area (Å²) >= 11 is 1.63. The predicted molar refractivity (Wildman–Crippen MR) is 126 cm³/mol. The molecule has 0 unspecified atom stereocenters. The second kappa shape index (κ2) is 7.20. The van der Waals surface area contributed by atoms with E-state index in [1.807, 2.05) is 50.4 Å². The second-order valence-electron chi connectivity index (χ2n) is 8.15. The minimum Gasteiger partial charge on any atom is -0.307 e. The molecule has 1 fully saturated rings. The Morgan fingerprint density at radius 2 is 2.00 bits per heavy atom. The molecule has 4 aromatic heterocycles. The van der Waals surface area contributed by atoms with Crippen molar-refractivity contribution in [1.82, 2.24) is 24.7 Å². The Labute approximate surface area is 188 Å². The molecule has 1 amide bonds. The van der Waals surface area contributed by atoms with Crippen LogP contribution < -0.4 is 5.32 Å². The van der Waals surface area contributed by atoms with E-state index in [0.717, 1.165) is 56.1 Å². The van der Waals surface area contributed by atoms with Crippen LogP contribution in [0.2, 0.25) is 0 Å². The van der Waals surface area contributed by atoms with Crippen molar-refractivity contribution in [3.05, 3.63) is 65.6 Å². The van der Waals surface area contributed by atoms with Crippen molar-refractivity contribution < 1.29 is 4.79 Å². The van der Waals surface area contributed by atoms with Gasteiger partial charge in [0.05, 0.1) is 26.9 Å². The highest BCUT2D eigenvalue weighted by Crippen LogP contribution is 2.40. The fourth-order valence-electron chi connectivity index (χ4n) is 4.01. The molecule has 4 heterocycles. The molecule has 0 aliphatic heterocycles. The molecule has 7 nitrogen and oxygen atoms in total. The molecule has 32 heavy (non-hydrogen) atoms. The Hall–Kier alpha value is -3.65. The number of para-hydroxylation sites is 1. The molecule has 1 aliphatic carbocycles. The normalized spacial score (nSPS) is 13.7. The predicted octanol–water partition coefficient (Wildman–Crippen LogP) is 5.08. The van der Waals surface area contributed by atoms with Gasteiger partial charge in [0.1, 0.15) is 10.8 Å². The molecule has 0 saturated heterocycles. The van der Waals surface area contributed by atoms with E-state index in [2.05, 4.69) is 26.4 Å². The van der Waals surface area contributed by atoms with Crippen LogP contribution in [0.4, 0.5) is 5.82 Å². The van der Waals surface area contributed by atoms with E-state index in [-0.39, 0.29) is 5.91 Å². The van der Waals surface area contributed by atoms with Crippen molar-refractivity contribution in [1.29, 1.82) is 0 Å². The van der Waals surface area contributed by atoms with Gasteiger partial charge in [0.2, 0.25) is 0 Å².